The molecule has 0 aliphatic rings. The lowest BCUT2D eigenvalue weighted by Gasteiger charge is -2.21. The van der Waals surface area contributed by atoms with E-state index in [2.05, 4.69) is 0 Å². The Labute approximate surface area is 105 Å². The number of carbonyl (C=O) groups is 1. The van der Waals surface area contributed by atoms with Gasteiger partial charge in [-0.05, 0) is 24.6 Å². The quantitative estimate of drug-likeness (QED) is 0.830. The minimum atomic E-state index is -0.229. The third kappa shape index (κ3) is 3.70. The van der Waals surface area contributed by atoms with Crippen molar-refractivity contribution in [3.05, 3.63) is 34.3 Å². The van der Waals surface area contributed by atoms with Crippen LogP contribution in [-0.4, -0.2) is 47.3 Å². The number of rotatable bonds is 5. The molecule has 1 aromatic rings. The number of hydrogen-bond donors (Lipinski definition) is 2. The summed E-state index contributed by atoms with van der Waals surface area (Å²) in [5.74, 6) is -0.229. The molecule has 0 saturated carbocycles. The van der Waals surface area contributed by atoms with E-state index < -0.39 is 0 Å². The van der Waals surface area contributed by atoms with Gasteiger partial charge >= 0.3 is 0 Å². The van der Waals surface area contributed by atoms with Crippen LogP contribution in [0.15, 0.2) is 18.2 Å². The summed E-state index contributed by atoms with van der Waals surface area (Å²) in [6.45, 7) is 1.95. The van der Waals surface area contributed by atoms with Crippen LogP contribution in [0.1, 0.15) is 15.9 Å². The molecule has 1 rings (SSSR count). The second-order valence-electron chi connectivity index (χ2n) is 3.70. The average Bonchev–Trinajstić information content (AvgIpc) is 2.31. The van der Waals surface area contributed by atoms with Gasteiger partial charge in [-0.2, -0.15) is 0 Å². The highest BCUT2D eigenvalue weighted by Gasteiger charge is 2.16. The van der Waals surface area contributed by atoms with Crippen molar-refractivity contribution in [2.45, 2.75) is 6.92 Å². The number of aryl methyl sites for hydroxylation is 1. The fourth-order valence-corrected chi connectivity index (χ4v) is 1.72. The summed E-state index contributed by atoms with van der Waals surface area (Å²) >= 11 is 5.85. The number of aliphatic hydroxyl groups excluding tert-OH is 2. The molecule has 0 aliphatic heterocycles. The zero-order valence-electron chi connectivity index (χ0n) is 9.69. The van der Waals surface area contributed by atoms with Crippen molar-refractivity contribution >= 4 is 17.5 Å². The molecule has 5 heteroatoms. The molecule has 0 aromatic heterocycles. The highest BCUT2D eigenvalue weighted by molar-refractivity contribution is 6.31. The SMILES string of the molecule is Cc1ccc(Cl)cc1C(=O)N(CCO)CCO. The third-order valence-corrected chi connectivity index (χ3v) is 2.69. The number of aliphatic hydroxyl groups is 2. The number of carbonyl (C=O) groups excluding carboxylic acids is 1. The number of nitrogens with zero attached hydrogens (tertiary/aromatic N) is 1. The van der Waals surface area contributed by atoms with Gasteiger partial charge in [0.25, 0.3) is 5.91 Å². The van der Waals surface area contributed by atoms with Crippen molar-refractivity contribution < 1.29 is 15.0 Å². The zero-order valence-corrected chi connectivity index (χ0v) is 10.4. The predicted octanol–water partition coefficient (Wildman–Crippen LogP) is 1.08. The van der Waals surface area contributed by atoms with Gasteiger partial charge < -0.3 is 15.1 Å². The van der Waals surface area contributed by atoms with E-state index in [4.69, 9.17) is 21.8 Å². The van der Waals surface area contributed by atoms with Crippen LogP contribution in [-0.2, 0) is 0 Å². The van der Waals surface area contributed by atoms with E-state index in [0.717, 1.165) is 5.56 Å². The number of halogens is 1. The summed E-state index contributed by atoms with van der Waals surface area (Å²) in [4.78, 5) is 13.5. The fourth-order valence-electron chi connectivity index (χ4n) is 1.55. The Balaban J connectivity index is 2.95. The van der Waals surface area contributed by atoms with Gasteiger partial charge in [0, 0.05) is 23.7 Å². The smallest absolute Gasteiger partial charge is 0.254 e. The second kappa shape index (κ2) is 6.59. The van der Waals surface area contributed by atoms with Crippen LogP contribution in [0.5, 0.6) is 0 Å². The van der Waals surface area contributed by atoms with E-state index in [1.807, 2.05) is 6.92 Å². The van der Waals surface area contributed by atoms with Crippen molar-refractivity contribution in [1.29, 1.82) is 0 Å². The fraction of sp³-hybridized carbons (Fsp3) is 0.417. The van der Waals surface area contributed by atoms with Gasteiger partial charge in [-0.25, -0.2) is 0 Å². The molecular formula is C12H16ClNO3. The summed E-state index contributed by atoms with van der Waals surface area (Å²) in [7, 11) is 0. The first-order chi connectivity index (χ1) is 8.10. The second-order valence-corrected chi connectivity index (χ2v) is 4.14. The molecule has 0 spiro atoms. The Hall–Kier alpha value is -1.10. The molecule has 2 N–H and O–H groups in total. The summed E-state index contributed by atoms with van der Waals surface area (Å²) in [5, 5.41) is 18.3. The van der Waals surface area contributed by atoms with Crippen LogP contribution >= 0.6 is 11.6 Å². The minimum absolute atomic E-state index is 0.134. The minimum Gasteiger partial charge on any atom is -0.395 e. The lowest BCUT2D eigenvalue weighted by atomic mass is 10.1. The van der Waals surface area contributed by atoms with Crippen molar-refractivity contribution in [3.8, 4) is 0 Å². The lowest BCUT2D eigenvalue weighted by molar-refractivity contribution is 0.0684. The highest BCUT2D eigenvalue weighted by atomic mass is 35.5. The maximum Gasteiger partial charge on any atom is 0.254 e. The van der Waals surface area contributed by atoms with Gasteiger partial charge in [-0.1, -0.05) is 17.7 Å². The monoisotopic (exact) mass is 257 g/mol. The maximum absolute atomic E-state index is 12.1. The van der Waals surface area contributed by atoms with Crippen molar-refractivity contribution in [1.82, 2.24) is 4.90 Å². The Morgan fingerprint density at radius 2 is 1.88 bits per heavy atom. The van der Waals surface area contributed by atoms with E-state index in [1.54, 1.807) is 18.2 Å². The first-order valence-corrected chi connectivity index (χ1v) is 5.75. The molecule has 4 nitrogen and oxygen atoms in total. The molecule has 0 fully saturated rings. The molecule has 0 saturated heterocycles. The van der Waals surface area contributed by atoms with E-state index >= 15 is 0 Å². The van der Waals surface area contributed by atoms with Crippen LogP contribution in [0.25, 0.3) is 0 Å². The molecule has 17 heavy (non-hydrogen) atoms. The largest absolute Gasteiger partial charge is 0.395 e. The first kappa shape index (κ1) is 14.0. The summed E-state index contributed by atoms with van der Waals surface area (Å²) in [6.07, 6.45) is 0. The molecule has 0 atom stereocenters. The van der Waals surface area contributed by atoms with E-state index in [-0.39, 0.29) is 32.2 Å². The standard InChI is InChI=1S/C12H16ClNO3/c1-9-2-3-10(13)8-11(9)12(17)14(4-6-15)5-7-16/h2-3,8,15-16H,4-7H2,1H3. The summed E-state index contributed by atoms with van der Waals surface area (Å²) in [6, 6.07) is 5.09. The van der Waals surface area contributed by atoms with Gasteiger partial charge in [0.15, 0.2) is 0 Å². The third-order valence-electron chi connectivity index (χ3n) is 2.46. The van der Waals surface area contributed by atoms with Gasteiger partial charge in [0.2, 0.25) is 0 Å². The van der Waals surface area contributed by atoms with Crippen molar-refractivity contribution in [2.75, 3.05) is 26.3 Å². The van der Waals surface area contributed by atoms with Gasteiger partial charge in [0.1, 0.15) is 0 Å². The van der Waals surface area contributed by atoms with Crippen LogP contribution in [0.3, 0.4) is 0 Å². The first-order valence-electron chi connectivity index (χ1n) is 5.37. The van der Waals surface area contributed by atoms with Gasteiger partial charge in [0.05, 0.1) is 13.2 Å². The number of hydrogen-bond acceptors (Lipinski definition) is 3. The molecule has 0 unspecified atom stereocenters. The molecule has 0 radical (unpaired) electrons. The Morgan fingerprint density at radius 3 is 2.41 bits per heavy atom. The predicted molar refractivity (Wildman–Crippen MR) is 66.3 cm³/mol. The molecule has 94 valence electrons. The lowest BCUT2D eigenvalue weighted by Crippen LogP contribution is -2.36. The average molecular weight is 258 g/mol. The molecule has 0 heterocycles. The highest BCUT2D eigenvalue weighted by Crippen LogP contribution is 2.17. The van der Waals surface area contributed by atoms with Crippen LogP contribution in [0.4, 0.5) is 0 Å². The Kier molecular flexibility index (Phi) is 5.41. The maximum atomic E-state index is 12.1. The normalized spacial score (nSPS) is 10.4. The van der Waals surface area contributed by atoms with E-state index in [0.29, 0.717) is 10.6 Å². The number of amides is 1. The topological polar surface area (TPSA) is 60.8 Å². The molecule has 1 aromatic carbocycles. The van der Waals surface area contributed by atoms with Gasteiger partial charge in [-0.3, -0.25) is 4.79 Å². The number of benzene rings is 1. The van der Waals surface area contributed by atoms with Crippen molar-refractivity contribution in [2.24, 2.45) is 0 Å². The zero-order chi connectivity index (χ0) is 12.8. The molecule has 1 amide bonds. The summed E-state index contributed by atoms with van der Waals surface area (Å²) < 4.78 is 0. The van der Waals surface area contributed by atoms with Crippen LogP contribution < -0.4 is 0 Å². The van der Waals surface area contributed by atoms with Crippen LogP contribution in [0, 0.1) is 6.92 Å². The van der Waals surface area contributed by atoms with Gasteiger partial charge in [-0.15, -0.1) is 0 Å². The summed E-state index contributed by atoms with van der Waals surface area (Å²) in [5.41, 5.74) is 1.32. The van der Waals surface area contributed by atoms with E-state index in [9.17, 15) is 4.79 Å². The molecular weight excluding hydrogens is 242 g/mol. The van der Waals surface area contributed by atoms with Crippen LogP contribution in [0.2, 0.25) is 5.02 Å². The Morgan fingerprint density at radius 1 is 1.29 bits per heavy atom. The van der Waals surface area contributed by atoms with Crippen molar-refractivity contribution in [3.63, 3.8) is 0 Å². The molecule has 0 bridgehead atoms. The Bertz CT molecular complexity index is 389. The molecule has 0 aliphatic carbocycles. The van der Waals surface area contributed by atoms with E-state index in [1.165, 1.54) is 4.90 Å².